The van der Waals surface area contributed by atoms with E-state index in [0.29, 0.717) is 5.56 Å². The maximum absolute atomic E-state index is 13.2. The monoisotopic (exact) mass is 278 g/mol. The van der Waals surface area contributed by atoms with Crippen LogP contribution < -0.4 is 5.32 Å². The minimum Gasteiger partial charge on any atom is -0.380 e. The van der Waals surface area contributed by atoms with Crippen molar-refractivity contribution in [2.24, 2.45) is 0 Å². The number of anilines is 1. The minimum atomic E-state index is -0.168. The highest BCUT2D eigenvalue weighted by molar-refractivity contribution is 7.11. The van der Waals surface area contributed by atoms with E-state index in [4.69, 9.17) is 0 Å². The fourth-order valence-corrected chi connectivity index (χ4v) is 2.59. The summed E-state index contributed by atoms with van der Waals surface area (Å²) in [5, 5.41) is 4.44. The molecule has 0 aliphatic heterocycles. The van der Waals surface area contributed by atoms with E-state index < -0.39 is 0 Å². The van der Waals surface area contributed by atoms with Gasteiger partial charge in [0.2, 0.25) is 0 Å². The van der Waals surface area contributed by atoms with Gasteiger partial charge >= 0.3 is 0 Å². The van der Waals surface area contributed by atoms with Crippen LogP contribution in [0.2, 0.25) is 0 Å². The Balaban J connectivity index is 2.02. The van der Waals surface area contributed by atoms with Gasteiger partial charge in [-0.25, -0.2) is 9.37 Å². The highest BCUT2D eigenvalue weighted by Crippen LogP contribution is 2.27. The predicted molar refractivity (Wildman–Crippen MR) is 79.3 cm³/mol. The van der Waals surface area contributed by atoms with E-state index in [0.717, 1.165) is 17.2 Å². The smallest absolute Gasteiger partial charge is 0.126 e. The molecule has 2 rings (SSSR count). The summed E-state index contributed by atoms with van der Waals surface area (Å²) in [6, 6.07) is 5.07. The Morgan fingerprint density at radius 2 is 2.05 bits per heavy atom. The lowest BCUT2D eigenvalue weighted by Gasteiger charge is -2.13. The van der Waals surface area contributed by atoms with Crippen LogP contribution >= 0.6 is 11.3 Å². The van der Waals surface area contributed by atoms with Gasteiger partial charge in [-0.3, -0.25) is 0 Å². The fraction of sp³-hybridized carbons (Fsp3) is 0.400. The molecule has 0 spiro atoms. The Morgan fingerprint density at radius 3 is 2.63 bits per heavy atom. The van der Waals surface area contributed by atoms with Crippen LogP contribution in [0.1, 0.15) is 36.2 Å². The third-order valence-corrected chi connectivity index (χ3v) is 4.24. The van der Waals surface area contributed by atoms with Crippen molar-refractivity contribution in [1.29, 1.82) is 0 Å². The summed E-state index contributed by atoms with van der Waals surface area (Å²) in [6.07, 6.45) is 1.91. The molecule has 1 aromatic carbocycles. The maximum atomic E-state index is 13.2. The molecule has 2 nitrogen and oxygen atoms in total. The first-order chi connectivity index (χ1) is 8.86. The third-order valence-electron chi connectivity index (χ3n) is 2.82. The lowest BCUT2D eigenvalue weighted by Crippen LogP contribution is -2.09. The van der Waals surface area contributed by atoms with Gasteiger partial charge in [0.1, 0.15) is 5.82 Å². The van der Waals surface area contributed by atoms with Crippen molar-refractivity contribution in [3.8, 4) is 0 Å². The zero-order valence-corrected chi connectivity index (χ0v) is 12.6. The molecule has 19 heavy (non-hydrogen) atoms. The molecule has 0 bridgehead atoms. The van der Waals surface area contributed by atoms with Crippen molar-refractivity contribution < 1.29 is 4.39 Å². The average molecular weight is 278 g/mol. The maximum Gasteiger partial charge on any atom is 0.126 e. The van der Waals surface area contributed by atoms with Crippen molar-refractivity contribution in [2.75, 3.05) is 5.32 Å². The van der Waals surface area contributed by atoms with Gasteiger partial charge in [0.25, 0.3) is 0 Å². The summed E-state index contributed by atoms with van der Waals surface area (Å²) < 4.78 is 13.2. The van der Waals surface area contributed by atoms with Crippen molar-refractivity contribution in [1.82, 2.24) is 4.98 Å². The van der Waals surface area contributed by atoms with Crippen molar-refractivity contribution in [3.63, 3.8) is 0 Å². The number of thiazole rings is 1. The molecule has 0 atom stereocenters. The van der Waals surface area contributed by atoms with Gasteiger partial charge in [-0.05, 0) is 30.7 Å². The van der Waals surface area contributed by atoms with Crippen LogP contribution in [0.3, 0.4) is 0 Å². The van der Waals surface area contributed by atoms with E-state index in [9.17, 15) is 4.39 Å². The highest BCUT2D eigenvalue weighted by atomic mass is 32.1. The van der Waals surface area contributed by atoms with E-state index in [1.807, 2.05) is 12.3 Å². The normalized spacial score (nSPS) is 11.6. The van der Waals surface area contributed by atoms with Crippen LogP contribution in [0.15, 0.2) is 24.4 Å². The molecule has 102 valence electrons. The van der Waals surface area contributed by atoms with Crippen LogP contribution in [0.5, 0.6) is 0 Å². The molecule has 0 unspecified atom stereocenters. The first-order valence-electron chi connectivity index (χ1n) is 6.31. The first kappa shape index (κ1) is 14.0. The van der Waals surface area contributed by atoms with Gasteiger partial charge in [0.15, 0.2) is 0 Å². The molecule has 1 heterocycles. The Hall–Kier alpha value is -1.42. The Bertz CT molecular complexity index is 570. The van der Waals surface area contributed by atoms with Crippen molar-refractivity contribution >= 4 is 17.0 Å². The molecule has 2 aromatic rings. The highest BCUT2D eigenvalue weighted by Gasteiger charge is 2.17. The number of hydrogen-bond donors (Lipinski definition) is 1. The number of nitrogens with zero attached hydrogens (tertiary/aromatic N) is 1. The number of aromatic nitrogens is 1. The molecule has 0 aliphatic carbocycles. The standard InChI is InChI=1S/C15H19FN2S/c1-10-7-11(5-6-13(10)16)17-8-12-9-18-14(19-12)15(2,3)4/h5-7,9,17H,8H2,1-4H3. The number of hydrogen-bond acceptors (Lipinski definition) is 3. The zero-order chi connectivity index (χ0) is 14.0. The lowest BCUT2D eigenvalue weighted by molar-refractivity contribution is 0.585. The fourth-order valence-electron chi connectivity index (χ4n) is 1.68. The van der Waals surface area contributed by atoms with Crippen LogP contribution in [-0.2, 0) is 12.0 Å². The van der Waals surface area contributed by atoms with Gasteiger partial charge in [0, 0.05) is 22.2 Å². The van der Waals surface area contributed by atoms with Crippen LogP contribution in [0.4, 0.5) is 10.1 Å². The number of benzene rings is 1. The summed E-state index contributed by atoms with van der Waals surface area (Å²) >= 11 is 1.72. The second kappa shape index (κ2) is 5.29. The zero-order valence-electron chi connectivity index (χ0n) is 11.7. The lowest BCUT2D eigenvalue weighted by atomic mass is 9.98. The van der Waals surface area contributed by atoms with Gasteiger partial charge in [0.05, 0.1) is 11.6 Å². The van der Waals surface area contributed by atoms with E-state index in [1.165, 1.54) is 10.9 Å². The molecular weight excluding hydrogens is 259 g/mol. The topological polar surface area (TPSA) is 24.9 Å². The van der Waals surface area contributed by atoms with Crippen molar-refractivity contribution in [3.05, 3.63) is 45.7 Å². The number of aryl methyl sites for hydroxylation is 1. The summed E-state index contributed by atoms with van der Waals surface area (Å²) in [7, 11) is 0. The van der Waals surface area contributed by atoms with E-state index in [1.54, 1.807) is 24.3 Å². The van der Waals surface area contributed by atoms with Gasteiger partial charge < -0.3 is 5.32 Å². The van der Waals surface area contributed by atoms with Crippen molar-refractivity contribution in [2.45, 2.75) is 39.7 Å². The Kier molecular flexibility index (Phi) is 3.90. The van der Waals surface area contributed by atoms with E-state index in [2.05, 4.69) is 31.1 Å². The molecule has 0 fully saturated rings. The predicted octanol–water partition coefficient (Wildman–Crippen LogP) is 4.50. The molecule has 1 aromatic heterocycles. The van der Waals surface area contributed by atoms with Crippen LogP contribution in [-0.4, -0.2) is 4.98 Å². The van der Waals surface area contributed by atoms with Gasteiger partial charge in [-0.1, -0.05) is 20.8 Å². The second-order valence-corrected chi connectivity index (χ2v) is 6.81. The SMILES string of the molecule is Cc1cc(NCc2cnc(C(C)(C)C)s2)ccc1F. The molecular formula is C15H19FN2S. The minimum absolute atomic E-state index is 0.0926. The number of rotatable bonds is 3. The molecule has 0 saturated heterocycles. The molecule has 0 saturated carbocycles. The van der Waals surface area contributed by atoms with Gasteiger partial charge in [-0.2, -0.15) is 0 Å². The van der Waals surface area contributed by atoms with Crippen LogP contribution in [0, 0.1) is 12.7 Å². The second-order valence-electron chi connectivity index (χ2n) is 5.70. The molecule has 1 N–H and O–H groups in total. The van der Waals surface area contributed by atoms with E-state index in [-0.39, 0.29) is 11.2 Å². The van der Waals surface area contributed by atoms with Crippen LogP contribution in [0.25, 0.3) is 0 Å². The quantitative estimate of drug-likeness (QED) is 0.894. The summed E-state index contributed by atoms with van der Waals surface area (Å²) in [6.45, 7) is 8.97. The Morgan fingerprint density at radius 1 is 1.32 bits per heavy atom. The molecule has 4 heteroatoms. The average Bonchev–Trinajstić information content (AvgIpc) is 2.79. The number of nitrogens with one attached hydrogen (secondary N) is 1. The molecule has 0 amide bonds. The van der Waals surface area contributed by atoms with E-state index >= 15 is 0 Å². The first-order valence-corrected chi connectivity index (χ1v) is 7.13. The summed E-state index contributed by atoms with van der Waals surface area (Å²) in [4.78, 5) is 5.64. The largest absolute Gasteiger partial charge is 0.380 e. The molecule has 0 radical (unpaired) electrons. The van der Waals surface area contributed by atoms with Gasteiger partial charge in [-0.15, -0.1) is 11.3 Å². The number of halogens is 1. The third kappa shape index (κ3) is 3.53. The summed E-state index contributed by atoms with van der Waals surface area (Å²) in [5.41, 5.74) is 1.68. The Labute approximate surface area is 117 Å². The molecule has 0 aliphatic rings. The summed E-state index contributed by atoms with van der Waals surface area (Å²) in [5.74, 6) is -0.168.